The lowest BCUT2D eigenvalue weighted by atomic mass is 10.2. The molecule has 4 rings (SSSR count). The van der Waals surface area contributed by atoms with Crippen LogP contribution >= 0.6 is 23.2 Å². The van der Waals surface area contributed by atoms with Crippen molar-refractivity contribution >= 4 is 51.0 Å². The van der Waals surface area contributed by atoms with Gasteiger partial charge in [0, 0.05) is 10.8 Å². The third-order valence-electron chi connectivity index (χ3n) is 5.17. The second-order valence-electron chi connectivity index (χ2n) is 7.13. The van der Waals surface area contributed by atoms with E-state index >= 15 is 4.39 Å². The summed E-state index contributed by atoms with van der Waals surface area (Å²) in [7, 11) is 2.25. The maximum Gasteiger partial charge on any atom is 0.342 e. The molecule has 0 radical (unpaired) electrons. The molecule has 0 saturated heterocycles. The first-order valence-corrected chi connectivity index (χ1v) is 10.6. The Kier molecular flexibility index (Phi) is 6.57. The van der Waals surface area contributed by atoms with Crippen molar-refractivity contribution in [2.75, 3.05) is 14.2 Å². The summed E-state index contributed by atoms with van der Waals surface area (Å²) in [4.78, 5) is 10.7. The monoisotopic (exact) mass is 538 g/mol. The Morgan fingerprint density at radius 1 is 0.917 bits per heavy atom. The minimum absolute atomic E-state index is 0.176. The average molecular weight is 539 g/mol. The zero-order valence-electron chi connectivity index (χ0n) is 18.3. The van der Waals surface area contributed by atoms with Gasteiger partial charge in [-0.2, -0.15) is 0 Å². The van der Waals surface area contributed by atoms with Crippen LogP contribution in [0.2, 0.25) is 10.0 Å². The van der Waals surface area contributed by atoms with Crippen LogP contribution in [0, 0.1) is 21.7 Å². The van der Waals surface area contributed by atoms with Gasteiger partial charge >= 0.3 is 5.69 Å². The third-order valence-corrected chi connectivity index (χ3v) is 5.73. The number of azo groups is 1. The van der Waals surface area contributed by atoms with E-state index in [0.29, 0.717) is 0 Å². The molecule has 0 atom stereocenters. The molecule has 0 fully saturated rings. The van der Waals surface area contributed by atoms with Gasteiger partial charge in [0.05, 0.1) is 29.2 Å². The van der Waals surface area contributed by atoms with Crippen molar-refractivity contribution in [2.45, 2.75) is 0 Å². The molecule has 0 aliphatic rings. The van der Waals surface area contributed by atoms with Gasteiger partial charge in [-0.1, -0.05) is 35.3 Å². The van der Waals surface area contributed by atoms with Gasteiger partial charge in [-0.3, -0.25) is 10.1 Å². The first-order valence-electron chi connectivity index (χ1n) is 9.82. The van der Waals surface area contributed by atoms with Crippen LogP contribution in [0.5, 0.6) is 23.3 Å². The third kappa shape index (κ3) is 3.89. The molecule has 186 valence electrons. The molecule has 0 spiro atoms. The van der Waals surface area contributed by atoms with Crippen LogP contribution in [0.4, 0.5) is 25.8 Å². The summed E-state index contributed by atoms with van der Waals surface area (Å²) >= 11 is 11.9. The van der Waals surface area contributed by atoms with Crippen LogP contribution in [-0.4, -0.2) is 33.9 Å². The normalized spacial score (nSPS) is 11.4. The Hall–Kier alpha value is -4.16. The molecule has 0 amide bonds. The first-order chi connectivity index (χ1) is 17.1. The summed E-state index contributed by atoms with van der Waals surface area (Å²) in [5, 5.41) is 40.3. The molecule has 0 aliphatic heterocycles. The van der Waals surface area contributed by atoms with Crippen molar-refractivity contribution in [1.29, 1.82) is 0 Å². The maximum absolute atomic E-state index is 15.3. The number of nitrogens with zero attached hydrogens (tertiary/aromatic N) is 4. The molecule has 0 aliphatic carbocycles. The molecular weight excluding hydrogens is 525 g/mol. The number of nitro benzene ring substituents is 1. The van der Waals surface area contributed by atoms with Crippen molar-refractivity contribution in [3.63, 3.8) is 0 Å². The smallest absolute Gasteiger partial charge is 0.342 e. The SMILES string of the molecule is COc1c(Cl)cc(F)c(-n2c(O)c3ccccc3c2O)c1N=Nc1c(F)cc(Cl)c(OC)c1[N+](=O)[O-]. The Morgan fingerprint density at radius 3 is 1.94 bits per heavy atom. The lowest BCUT2D eigenvalue weighted by molar-refractivity contribution is -0.385. The summed E-state index contributed by atoms with van der Waals surface area (Å²) in [6.07, 6.45) is 0. The van der Waals surface area contributed by atoms with E-state index in [1.807, 2.05) is 0 Å². The largest absolute Gasteiger partial charge is 0.494 e. The highest BCUT2D eigenvalue weighted by atomic mass is 35.5. The minimum atomic E-state index is -1.23. The van der Waals surface area contributed by atoms with Crippen molar-refractivity contribution < 1.29 is 33.4 Å². The molecule has 0 bridgehead atoms. The quantitative estimate of drug-likeness (QED) is 0.155. The number of methoxy groups -OCH3 is 2. The first kappa shape index (κ1) is 24.9. The van der Waals surface area contributed by atoms with E-state index in [9.17, 15) is 24.7 Å². The van der Waals surface area contributed by atoms with E-state index in [0.717, 1.165) is 23.8 Å². The zero-order valence-corrected chi connectivity index (χ0v) is 19.8. The van der Waals surface area contributed by atoms with Gasteiger partial charge in [0.15, 0.2) is 23.1 Å². The Labute approximate surface area is 210 Å². The molecule has 4 aromatic rings. The number of fused-ring (bicyclic) bond motifs is 1. The van der Waals surface area contributed by atoms with E-state index in [1.165, 1.54) is 19.2 Å². The van der Waals surface area contributed by atoms with Gasteiger partial charge in [-0.25, -0.2) is 13.3 Å². The van der Waals surface area contributed by atoms with Gasteiger partial charge in [0.2, 0.25) is 23.2 Å². The van der Waals surface area contributed by atoms with E-state index in [-0.39, 0.29) is 26.6 Å². The fourth-order valence-corrected chi connectivity index (χ4v) is 4.17. The standard InChI is InChI=1S/C22H14Cl2F2N4O6/c1-35-19-11(23)8-14(26)17(29-21(31)9-5-3-4-6-10(9)22(29)32)16(19)28-27-15-13(25)7-12(24)20(36-2)18(15)30(33)34/h3-8,31-32H,1-2H3. The molecule has 0 unspecified atom stereocenters. The fraction of sp³-hybridized carbons (Fsp3) is 0.0909. The second-order valence-corrected chi connectivity index (χ2v) is 7.94. The minimum Gasteiger partial charge on any atom is -0.494 e. The predicted molar refractivity (Wildman–Crippen MR) is 127 cm³/mol. The predicted octanol–water partition coefficient (Wildman–Crippen LogP) is 6.97. The summed E-state index contributed by atoms with van der Waals surface area (Å²) in [5.74, 6) is -4.19. The van der Waals surface area contributed by atoms with Crippen LogP contribution in [-0.2, 0) is 0 Å². The summed E-state index contributed by atoms with van der Waals surface area (Å²) < 4.78 is 40.8. The number of ether oxygens (including phenoxy) is 2. The van der Waals surface area contributed by atoms with Gasteiger partial charge in [0.25, 0.3) is 0 Å². The van der Waals surface area contributed by atoms with Crippen LogP contribution in [0.25, 0.3) is 16.5 Å². The summed E-state index contributed by atoms with van der Waals surface area (Å²) in [6, 6.07) is 7.70. The maximum atomic E-state index is 15.3. The topological polar surface area (TPSA) is 132 Å². The molecule has 1 heterocycles. The number of benzene rings is 3. The van der Waals surface area contributed by atoms with Crippen LogP contribution in [0.1, 0.15) is 0 Å². The highest BCUT2D eigenvalue weighted by Crippen LogP contribution is 2.49. The molecule has 3 aromatic carbocycles. The molecule has 36 heavy (non-hydrogen) atoms. The number of nitro groups is 1. The number of halogens is 4. The highest BCUT2D eigenvalue weighted by molar-refractivity contribution is 6.33. The van der Waals surface area contributed by atoms with Crippen molar-refractivity contribution in [3.8, 4) is 28.9 Å². The van der Waals surface area contributed by atoms with Crippen molar-refractivity contribution in [3.05, 3.63) is 68.2 Å². The van der Waals surface area contributed by atoms with Crippen LogP contribution < -0.4 is 9.47 Å². The van der Waals surface area contributed by atoms with E-state index in [2.05, 4.69) is 10.2 Å². The van der Waals surface area contributed by atoms with Crippen molar-refractivity contribution in [2.24, 2.45) is 10.2 Å². The lowest BCUT2D eigenvalue weighted by Gasteiger charge is -2.15. The van der Waals surface area contributed by atoms with E-state index in [4.69, 9.17) is 32.7 Å². The zero-order chi connectivity index (χ0) is 26.3. The van der Waals surface area contributed by atoms with Gasteiger partial charge < -0.3 is 19.7 Å². The fourth-order valence-electron chi connectivity index (χ4n) is 3.64. The number of hydrogen-bond acceptors (Lipinski definition) is 8. The number of aromatic hydroxyl groups is 2. The van der Waals surface area contributed by atoms with Gasteiger partial charge in [-0.15, -0.1) is 10.2 Å². The summed E-state index contributed by atoms with van der Waals surface area (Å²) in [5.41, 5.74) is -2.92. The Balaban J connectivity index is 2.06. The van der Waals surface area contributed by atoms with E-state index in [1.54, 1.807) is 12.1 Å². The average Bonchev–Trinajstić information content (AvgIpc) is 3.08. The molecule has 2 N–H and O–H groups in total. The molecule has 0 saturated carbocycles. The van der Waals surface area contributed by atoms with Crippen LogP contribution in [0.15, 0.2) is 46.6 Å². The molecular formula is C22H14Cl2F2N4O6. The Morgan fingerprint density at radius 2 is 1.42 bits per heavy atom. The van der Waals surface area contributed by atoms with Crippen LogP contribution in [0.3, 0.4) is 0 Å². The number of hydrogen-bond donors (Lipinski definition) is 2. The van der Waals surface area contributed by atoms with Gasteiger partial charge in [0.1, 0.15) is 5.69 Å². The summed E-state index contributed by atoms with van der Waals surface area (Å²) in [6.45, 7) is 0. The molecule has 14 heteroatoms. The molecule has 1 aromatic heterocycles. The molecule has 10 nitrogen and oxygen atoms in total. The lowest BCUT2D eigenvalue weighted by Crippen LogP contribution is -2.00. The van der Waals surface area contributed by atoms with E-state index < -0.39 is 56.8 Å². The Bertz CT molecular complexity index is 1540. The second kappa shape index (κ2) is 9.47. The number of rotatable bonds is 6. The van der Waals surface area contributed by atoms with Gasteiger partial charge in [-0.05, 0) is 24.3 Å². The number of aromatic nitrogens is 1. The van der Waals surface area contributed by atoms with Crippen molar-refractivity contribution in [1.82, 2.24) is 4.57 Å². The highest BCUT2D eigenvalue weighted by Gasteiger charge is 2.30.